The minimum absolute atomic E-state index is 0. The molecule has 0 aliphatic carbocycles. The summed E-state index contributed by atoms with van der Waals surface area (Å²) in [6, 6.07) is 8.37. The van der Waals surface area contributed by atoms with Gasteiger partial charge in [0.2, 0.25) is 0 Å². The van der Waals surface area contributed by atoms with Gasteiger partial charge in [-0.25, -0.2) is 0 Å². The van der Waals surface area contributed by atoms with Crippen LogP contribution in [0.25, 0.3) is 0 Å². The molecule has 0 saturated carbocycles. The van der Waals surface area contributed by atoms with Crippen LogP contribution in [-0.4, -0.2) is 0 Å². The van der Waals surface area contributed by atoms with E-state index in [2.05, 4.69) is 34.1 Å². The Morgan fingerprint density at radius 3 is 2.33 bits per heavy atom. The van der Waals surface area contributed by atoms with Crippen LogP contribution >= 0.6 is 32.9 Å². The van der Waals surface area contributed by atoms with Crippen molar-refractivity contribution in [3.05, 3.63) is 28.7 Å². The van der Waals surface area contributed by atoms with Crippen LogP contribution in [-0.2, 0) is 18.3 Å². The number of hydrogen-bond donors (Lipinski definition) is 0. The number of halogens is 2. The van der Waals surface area contributed by atoms with Crippen LogP contribution in [0.4, 0.5) is 0 Å². The van der Waals surface area contributed by atoms with Crippen LogP contribution in [0, 0.1) is 0 Å². The zero-order chi connectivity index (χ0) is 5.98. The third kappa shape index (κ3) is 3.49. The first-order chi connectivity index (χ1) is 3.79. The van der Waals surface area contributed by atoms with Crippen molar-refractivity contribution in [3.8, 4) is 0 Å². The van der Waals surface area contributed by atoms with Gasteiger partial charge in [0.25, 0.3) is 0 Å². The van der Waals surface area contributed by atoms with Gasteiger partial charge in [-0.3, -0.25) is 0 Å². The SMILES string of the molecule is Br.[Zn][c]1cccc(Br)c1. The van der Waals surface area contributed by atoms with Gasteiger partial charge in [0.05, 0.1) is 0 Å². The summed E-state index contributed by atoms with van der Waals surface area (Å²) in [5.74, 6) is 0. The van der Waals surface area contributed by atoms with E-state index in [1.165, 1.54) is 26.9 Å². The summed E-state index contributed by atoms with van der Waals surface area (Å²) in [5, 5.41) is 0. The van der Waals surface area contributed by atoms with Crippen LogP contribution in [0.3, 0.4) is 0 Å². The first kappa shape index (κ1) is 9.80. The van der Waals surface area contributed by atoms with Gasteiger partial charge < -0.3 is 0 Å². The zero-order valence-electron chi connectivity index (χ0n) is 4.80. The molecule has 0 radical (unpaired) electrons. The Labute approximate surface area is 83.6 Å². The number of hydrogen-bond acceptors (Lipinski definition) is 0. The van der Waals surface area contributed by atoms with E-state index in [1.54, 1.807) is 0 Å². The van der Waals surface area contributed by atoms with Crippen molar-refractivity contribution in [1.29, 1.82) is 0 Å². The Kier molecular flexibility index (Phi) is 5.00. The maximum atomic E-state index is 3.38. The molecule has 0 saturated heterocycles. The number of benzene rings is 1. The second kappa shape index (κ2) is 4.59. The third-order valence-corrected chi connectivity index (χ3v) is 2.31. The predicted molar refractivity (Wildman–Crippen MR) is 44.1 cm³/mol. The summed E-state index contributed by atoms with van der Waals surface area (Å²) < 4.78 is 2.60. The molecule has 0 spiro atoms. The van der Waals surface area contributed by atoms with E-state index in [9.17, 15) is 0 Å². The normalized spacial score (nSPS) is 8.33. The molecule has 0 heterocycles. The number of rotatable bonds is 0. The Morgan fingerprint density at radius 2 is 2.00 bits per heavy atom. The monoisotopic (exact) mass is 299 g/mol. The molecule has 3 heteroatoms. The molecule has 1 rings (SSSR count). The van der Waals surface area contributed by atoms with E-state index < -0.39 is 0 Å². The van der Waals surface area contributed by atoms with E-state index in [1.807, 2.05) is 6.07 Å². The summed E-state index contributed by atoms with van der Waals surface area (Å²) in [6.07, 6.45) is 0. The molecule has 0 aliphatic heterocycles. The molecule has 0 aromatic heterocycles. The molecule has 0 bridgehead atoms. The van der Waals surface area contributed by atoms with Gasteiger partial charge in [-0.15, -0.1) is 17.0 Å². The van der Waals surface area contributed by atoms with Crippen LogP contribution in [0.5, 0.6) is 0 Å². The average Bonchev–Trinajstić information content (AvgIpc) is 1.64. The van der Waals surface area contributed by atoms with Crippen LogP contribution in [0.1, 0.15) is 0 Å². The molecular formula is C6H5Br2Zn. The van der Waals surface area contributed by atoms with Crippen molar-refractivity contribution >= 4 is 37.1 Å². The standard InChI is InChI=1S/C6H4Br.BrH.Zn/c7-6-4-2-1-3-5-6;;/h1-2,4-5H;1H;. The molecule has 9 heavy (non-hydrogen) atoms. The Bertz CT molecular complexity index is 171. The quantitative estimate of drug-likeness (QED) is 0.645. The second-order valence-electron chi connectivity index (χ2n) is 1.63. The van der Waals surface area contributed by atoms with Gasteiger partial charge in [-0.05, 0) is 0 Å². The third-order valence-electron chi connectivity index (χ3n) is 0.889. The van der Waals surface area contributed by atoms with Crippen molar-refractivity contribution < 1.29 is 18.3 Å². The molecule has 0 unspecified atom stereocenters. The van der Waals surface area contributed by atoms with Gasteiger partial charge in [0.1, 0.15) is 0 Å². The van der Waals surface area contributed by atoms with Crippen molar-refractivity contribution in [2.45, 2.75) is 0 Å². The first-order valence-corrected chi connectivity index (χ1v) is 4.64. The van der Waals surface area contributed by atoms with E-state index in [0.29, 0.717) is 0 Å². The summed E-state index contributed by atoms with van der Waals surface area (Å²) in [5.41, 5.74) is 0. The molecule has 0 fully saturated rings. The van der Waals surface area contributed by atoms with E-state index in [-0.39, 0.29) is 17.0 Å². The fourth-order valence-electron chi connectivity index (χ4n) is 0.537. The molecule has 0 atom stereocenters. The molecule has 45 valence electrons. The van der Waals surface area contributed by atoms with E-state index in [0.717, 1.165) is 0 Å². The summed E-state index contributed by atoms with van der Waals surface area (Å²) in [6.45, 7) is 0. The first-order valence-electron chi connectivity index (χ1n) is 2.36. The minimum atomic E-state index is 0. The van der Waals surface area contributed by atoms with Crippen LogP contribution in [0.15, 0.2) is 28.7 Å². The van der Waals surface area contributed by atoms with Gasteiger partial charge in [-0.2, -0.15) is 0 Å². The average molecular weight is 302 g/mol. The van der Waals surface area contributed by atoms with Crippen molar-refractivity contribution in [2.75, 3.05) is 0 Å². The van der Waals surface area contributed by atoms with E-state index >= 15 is 0 Å². The molecule has 1 aromatic rings. The molecule has 0 nitrogen and oxygen atoms in total. The molecule has 0 amide bonds. The van der Waals surface area contributed by atoms with Crippen LogP contribution < -0.4 is 4.16 Å². The molecular weight excluding hydrogens is 297 g/mol. The molecule has 0 aliphatic rings. The van der Waals surface area contributed by atoms with Gasteiger partial charge >= 0.3 is 67.1 Å². The van der Waals surface area contributed by atoms with Gasteiger partial charge in [0.15, 0.2) is 0 Å². The Balaban J connectivity index is 0.000000640. The van der Waals surface area contributed by atoms with Crippen molar-refractivity contribution in [1.82, 2.24) is 0 Å². The fourth-order valence-corrected chi connectivity index (χ4v) is 2.36. The summed E-state index contributed by atoms with van der Waals surface area (Å²) in [7, 11) is 0. The Morgan fingerprint density at radius 1 is 1.33 bits per heavy atom. The van der Waals surface area contributed by atoms with Crippen LogP contribution in [0.2, 0.25) is 0 Å². The second-order valence-corrected chi connectivity index (χ2v) is 4.26. The van der Waals surface area contributed by atoms with Gasteiger partial charge in [-0.1, -0.05) is 0 Å². The summed E-state index contributed by atoms with van der Waals surface area (Å²) in [4.78, 5) is 0. The molecule has 0 N–H and O–H groups in total. The zero-order valence-corrected chi connectivity index (χ0v) is 11.1. The fraction of sp³-hybridized carbons (Fsp3) is 0. The summed E-state index contributed by atoms with van der Waals surface area (Å²) >= 11 is 4.62. The van der Waals surface area contributed by atoms with Gasteiger partial charge in [0, 0.05) is 0 Å². The predicted octanol–water partition coefficient (Wildman–Crippen LogP) is 2.20. The Hall–Kier alpha value is 0.803. The topological polar surface area (TPSA) is 0 Å². The van der Waals surface area contributed by atoms with Crippen molar-refractivity contribution in [2.24, 2.45) is 0 Å². The van der Waals surface area contributed by atoms with Crippen molar-refractivity contribution in [3.63, 3.8) is 0 Å². The molecule has 1 aromatic carbocycles. The van der Waals surface area contributed by atoms with E-state index in [4.69, 9.17) is 0 Å². The maximum absolute atomic E-state index is 3.38.